The molecule has 0 atom stereocenters. The summed E-state index contributed by atoms with van der Waals surface area (Å²) in [5, 5.41) is 20.2. The van der Waals surface area contributed by atoms with Gasteiger partial charge in [0.25, 0.3) is 5.91 Å². The van der Waals surface area contributed by atoms with Gasteiger partial charge in [0.05, 0.1) is 16.9 Å². The van der Waals surface area contributed by atoms with Crippen LogP contribution in [0.2, 0.25) is 0 Å². The van der Waals surface area contributed by atoms with Gasteiger partial charge in [-0.2, -0.15) is 10.2 Å². The molecule has 3 aromatic rings. The molecule has 1 amide bonds. The second-order valence-electron chi connectivity index (χ2n) is 5.76. The molecule has 0 aliphatic carbocycles. The number of rotatable bonds is 6. The molecule has 2 N–H and O–H groups in total. The van der Waals surface area contributed by atoms with E-state index < -0.39 is 18.5 Å². The molecular formula is C21H17N3O4. The zero-order valence-corrected chi connectivity index (χ0v) is 14.8. The number of nitrogens with one attached hydrogen (secondary N) is 1. The fourth-order valence-electron chi connectivity index (χ4n) is 2.27. The minimum absolute atomic E-state index is 0.0524. The summed E-state index contributed by atoms with van der Waals surface area (Å²) >= 11 is 0. The van der Waals surface area contributed by atoms with Gasteiger partial charge in [-0.3, -0.25) is 4.79 Å². The molecule has 0 fully saturated rings. The van der Waals surface area contributed by atoms with E-state index in [1.54, 1.807) is 24.3 Å². The Kier molecular flexibility index (Phi) is 6.10. The molecule has 28 heavy (non-hydrogen) atoms. The molecule has 0 heterocycles. The zero-order chi connectivity index (χ0) is 19.8. The van der Waals surface area contributed by atoms with E-state index in [0.29, 0.717) is 11.4 Å². The third kappa shape index (κ3) is 5.50. The monoisotopic (exact) mass is 375 g/mol. The van der Waals surface area contributed by atoms with Crippen molar-refractivity contribution in [3.8, 4) is 5.75 Å². The van der Waals surface area contributed by atoms with Gasteiger partial charge in [-0.25, -0.2) is 4.79 Å². The summed E-state index contributed by atoms with van der Waals surface area (Å²) in [5.41, 5.74) is 2.09. The van der Waals surface area contributed by atoms with E-state index in [2.05, 4.69) is 15.5 Å². The van der Waals surface area contributed by atoms with Crippen LogP contribution in [0.25, 0.3) is 0 Å². The molecule has 0 saturated heterocycles. The zero-order valence-electron chi connectivity index (χ0n) is 14.8. The molecule has 0 saturated carbocycles. The van der Waals surface area contributed by atoms with E-state index in [1.807, 2.05) is 30.3 Å². The number of benzene rings is 3. The van der Waals surface area contributed by atoms with Crippen LogP contribution < -0.4 is 5.32 Å². The van der Waals surface area contributed by atoms with Gasteiger partial charge in [0.15, 0.2) is 6.61 Å². The van der Waals surface area contributed by atoms with Crippen molar-refractivity contribution in [2.24, 2.45) is 10.2 Å². The Labute approximate surface area is 161 Å². The minimum atomic E-state index is -0.692. The van der Waals surface area contributed by atoms with E-state index in [-0.39, 0.29) is 11.3 Å². The van der Waals surface area contributed by atoms with Crippen molar-refractivity contribution in [1.29, 1.82) is 0 Å². The highest BCUT2D eigenvalue weighted by molar-refractivity contribution is 5.95. The van der Waals surface area contributed by atoms with Crippen LogP contribution in [0.15, 0.2) is 89.1 Å². The van der Waals surface area contributed by atoms with Gasteiger partial charge in [-0.15, -0.1) is 0 Å². The number of nitrogens with zero attached hydrogens (tertiary/aromatic N) is 2. The van der Waals surface area contributed by atoms with E-state index in [4.69, 9.17) is 4.74 Å². The van der Waals surface area contributed by atoms with Crippen molar-refractivity contribution in [3.63, 3.8) is 0 Å². The molecule has 0 aromatic heterocycles. The normalized spacial score (nSPS) is 10.6. The first-order valence-electron chi connectivity index (χ1n) is 8.43. The highest BCUT2D eigenvalue weighted by Gasteiger charge is 2.11. The molecule has 7 heteroatoms. The van der Waals surface area contributed by atoms with E-state index in [1.165, 1.54) is 24.3 Å². The first kappa shape index (κ1) is 18.8. The van der Waals surface area contributed by atoms with Gasteiger partial charge in [0.2, 0.25) is 0 Å². The van der Waals surface area contributed by atoms with Crippen LogP contribution in [0.3, 0.4) is 0 Å². The smallest absolute Gasteiger partial charge is 0.338 e. The lowest BCUT2D eigenvalue weighted by Gasteiger charge is -2.07. The van der Waals surface area contributed by atoms with Gasteiger partial charge in [0, 0.05) is 5.69 Å². The molecule has 0 aliphatic heterocycles. The van der Waals surface area contributed by atoms with Crippen molar-refractivity contribution in [1.82, 2.24) is 0 Å². The lowest BCUT2D eigenvalue weighted by atomic mass is 10.2. The largest absolute Gasteiger partial charge is 0.508 e. The van der Waals surface area contributed by atoms with Crippen LogP contribution in [-0.2, 0) is 9.53 Å². The SMILES string of the molecule is O=C(COC(=O)c1cccc(O)c1)Nc1ccc(N=Nc2ccccc2)cc1. The average molecular weight is 375 g/mol. The predicted octanol–water partition coefficient (Wildman–Crippen LogP) is 4.60. The fourth-order valence-corrected chi connectivity index (χ4v) is 2.27. The average Bonchev–Trinajstić information content (AvgIpc) is 2.72. The summed E-state index contributed by atoms with van der Waals surface area (Å²) in [4.78, 5) is 23.8. The quantitative estimate of drug-likeness (QED) is 0.485. The number of phenolic OH excluding ortho intramolecular Hbond substituents is 1. The summed E-state index contributed by atoms with van der Waals surface area (Å²) < 4.78 is 4.93. The molecule has 0 radical (unpaired) electrons. The van der Waals surface area contributed by atoms with Crippen LogP contribution in [0.1, 0.15) is 10.4 Å². The van der Waals surface area contributed by atoms with Gasteiger partial charge >= 0.3 is 5.97 Å². The maximum absolute atomic E-state index is 11.9. The molecule has 3 aromatic carbocycles. The number of ether oxygens (including phenoxy) is 1. The number of amides is 1. The fraction of sp³-hybridized carbons (Fsp3) is 0.0476. The number of hydrogen-bond donors (Lipinski definition) is 2. The van der Waals surface area contributed by atoms with Crippen LogP contribution in [-0.4, -0.2) is 23.6 Å². The molecule has 7 nitrogen and oxygen atoms in total. The lowest BCUT2D eigenvalue weighted by molar-refractivity contribution is -0.119. The van der Waals surface area contributed by atoms with Crippen LogP contribution in [0, 0.1) is 0 Å². The molecule has 0 spiro atoms. The van der Waals surface area contributed by atoms with Crippen LogP contribution in [0.4, 0.5) is 17.1 Å². The highest BCUT2D eigenvalue weighted by atomic mass is 16.5. The third-order valence-electron chi connectivity index (χ3n) is 3.60. The molecule has 3 rings (SSSR count). The van der Waals surface area contributed by atoms with Crippen molar-refractivity contribution in [2.45, 2.75) is 0 Å². The van der Waals surface area contributed by atoms with Gasteiger partial charge in [-0.1, -0.05) is 24.3 Å². The second-order valence-corrected chi connectivity index (χ2v) is 5.76. The van der Waals surface area contributed by atoms with Gasteiger partial charge < -0.3 is 15.2 Å². The number of esters is 1. The maximum Gasteiger partial charge on any atom is 0.338 e. The predicted molar refractivity (Wildman–Crippen MR) is 104 cm³/mol. The molecule has 140 valence electrons. The van der Waals surface area contributed by atoms with Gasteiger partial charge in [0.1, 0.15) is 5.75 Å². The van der Waals surface area contributed by atoms with Crippen molar-refractivity contribution in [2.75, 3.05) is 11.9 Å². The van der Waals surface area contributed by atoms with Crippen molar-refractivity contribution in [3.05, 3.63) is 84.4 Å². The summed E-state index contributed by atoms with van der Waals surface area (Å²) in [6.07, 6.45) is 0. The first-order valence-corrected chi connectivity index (χ1v) is 8.43. The Balaban J connectivity index is 1.50. The summed E-state index contributed by atoms with van der Waals surface area (Å²) in [5.74, 6) is -1.22. The maximum atomic E-state index is 11.9. The Hall–Kier alpha value is -4.00. The van der Waals surface area contributed by atoms with Gasteiger partial charge in [-0.05, 0) is 54.6 Å². The Morgan fingerprint density at radius 1 is 0.857 bits per heavy atom. The number of hydrogen-bond acceptors (Lipinski definition) is 6. The molecule has 0 unspecified atom stereocenters. The number of anilines is 1. The van der Waals surface area contributed by atoms with E-state index in [0.717, 1.165) is 5.69 Å². The number of aromatic hydroxyl groups is 1. The Bertz CT molecular complexity index is 986. The topological polar surface area (TPSA) is 100 Å². The van der Waals surface area contributed by atoms with Crippen molar-refractivity contribution < 1.29 is 19.4 Å². The van der Waals surface area contributed by atoms with E-state index in [9.17, 15) is 14.7 Å². The highest BCUT2D eigenvalue weighted by Crippen LogP contribution is 2.20. The summed E-state index contributed by atoms with van der Waals surface area (Å²) in [6.45, 7) is -0.441. The van der Waals surface area contributed by atoms with Crippen LogP contribution >= 0.6 is 0 Å². The lowest BCUT2D eigenvalue weighted by Crippen LogP contribution is -2.20. The molecule has 0 aliphatic rings. The Morgan fingerprint density at radius 3 is 2.21 bits per heavy atom. The standard InChI is InChI=1S/C21H17N3O4/c25-19-8-4-5-15(13-19)21(27)28-14-20(26)22-16-9-11-18(12-10-16)24-23-17-6-2-1-3-7-17/h1-13,25H,14H2,(H,22,26). The molecular weight excluding hydrogens is 358 g/mol. The molecule has 0 bridgehead atoms. The number of azo groups is 1. The number of carbonyl (C=O) groups excluding carboxylic acids is 2. The Morgan fingerprint density at radius 2 is 1.54 bits per heavy atom. The van der Waals surface area contributed by atoms with Crippen LogP contribution in [0.5, 0.6) is 5.75 Å². The third-order valence-corrected chi connectivity index (χ3v) is 3.60. The van der Waals surface area contributed by atoms with E-state index >= 15 is 0 Å². The minimum Gasteiger partial charge on any atom is -0.508 e. The summed E-state index contributed by atoms with van der Waals surface area (Å²) in [7, 11) is 0. The first-order chi connectivity index (χ1) is 13.6. The summed E-state index contributed by atoms with van der Waals surface area (Å²) in [6, 6.07) is 21.8. The second kappa shape index (κ2) is 9.09. The van der Waals surface area contributed by atoms with Crippen molar-refractivity contribution >= 4 is 28.9 Å². The number of carbonyl (C=O) groups is 2. The number of phenols is 1.